The van der Waals surface area contributed by atoms with Crippen LogP contribution in [-0.2, 0) is 51.9 Å². The highest BCUT2D eigenvalue weighted by Crippen LogP contribution is 2.52. The van der Waals surface area contributed by atoms with E-state index in [1.807, 2.05) is 7.05 Å². The minimum absolute atomic E-state index is 0. The van der Waals surface area contributed by atoms with E-state index in [2.05, 4.69) is 4.72 Å². The first-order valence-corrected chi connectivity index (χ1v) is 22.1. The Morgan fingerprint density at radius 3 is 2.00 bits per heavy atom. The fourth-order valence-electron chi connectivity index (χ4n) is 8.38. The molecule has 6 rings (SSSR count). The molecule has 62 heavy (non-hydrogen) atoms. The van der Waals surface area contributed by atoms with Crippen molar-refractivity contribution in [3.05, 3.63) is 90.5 Å². The number of likely N-dealkylation sites (N-methyl/N-ethyl adjacent to an activating group) is 1. The zero-order chi connectivity index (χ0) is 44.6. The lowest BCUT2D eigenvalue weighted by atomic mass is 9.78. The number of nitrogens with one attached hydrogen (secondary N) is 1. The van der Waals surface area contributed by atoms with Gasteiger partial charge in [0.1, 0.15) is 25.0 Å². The number of quaternary nitrogens is 1. The third-order valence-electron chi connectivity index (χ3n) is 11.5. The fraction of sp³-hybridized carbons (Fsp3) is 0.500. The number of nitro groups is 2. The first-order valence-electron chi connectivity index (χ1n) is 19.4. The van der Waals surface area contributed by atoms with E-state index in [-0.39, 0.29) is 92.8 Å². The molecule has 0 bridgehead atoms. The van der Waals surface area contributed by atoms with Crippen LogP contribution in [-0.4, -0.2) is 143 Å². The van der Waals surface area contributed by atoms with Crippen LogP contribution in [0, 0.1) is 32.1 Å². The molecular weight excluding hydrogens is 967 g/mol. The fourth-order valence-corrected chi connectivity index (χ4v) is 10.7. The first-order chi connectivity index (χ1) is 28.7. The Labute approximate surface area is 378 Å². The zero-order valence-corrected chi connectivity index (χ0v) is 38.0. The van der Waals surface area contributed by atoms with Gasteiger partial charge in [-0.25, -0.2) is 22.7 Å². The van der Waals surface area contributed by atoms with Crippen LogP contribution in [0.4, 0.5) is 16.2 Å². The molecule has 0 aromatic heterocycles. The number of primary amides is 1. The van der Waals surface area contributed by atoms with Gasteiger partial charge < -0.3 is 53.5 Å². The number of amides is 4. The van der Waals surface area contributed by atoms with Crippen molar-refractivity contribution in [2.45, 2.75) is 56.9 Å². The molecule has 1 unspecified atom stereocenters. The lowest BCUT2D eigenvalue weighted by Crippen LogP contribution is -3.00. The van der Waals surface area contributed by atoms with E-state index in [1.165, 1.54) is 70.1 Å². The number of benzene rings is 2. The number of fused-ring (bicyclic) bond motifs is 1. The summed E-state index contributed by atoms with van der Waals surface area (Å²) in [5, 5.41) is 21.8. The maximum Gasteiger partial charge on any atom is 0.410 e. The van der Waals surface area contributed by atoms with Crippen LogP contribution >= 0.6 is 11.8 Å². The summed E-state index contributed by atoms with van der Waals surface area (Å²) < 4.78 is 38.4. The minimum atomic E-state index is -3.71. The molecule has 4 aliphatic heterocycles. The van der Waals surface area contributed by atoms with Crippen LogP contribution in [0.15, 0.2) is 59.1 Å². The lowest BCUT2D eigenvalue weighted by molar-refractivity contribution is -0.905. The number of carbonyl (C=O) groups is 5. The maximum atomic E-state index is 14.3. The Morgan fingerprint density at radius 1 is 0.968 bits per heavy atom. The molecule has 0 spiro atoms. The Hall–Kier alpha value is -4.92. The molecule has 0 saturated carbocycles. The molecule has 4 amide bonds. The number of non-ortho nitro benzene ring substituents is 2. The Balaban J connectivity index is 0.00000726. The summed E-state index contributed by atoms with van der Waals surface area (Å²) in [5.41, 5.74) is 6.04. The number of thioether (sulfide) groups is 1. The monoisotopic (exact) mass is 1010 g/mol. The van der Waals surface area contributed by atoms with Gasteiger partial charge in [-0.3, -0.25) is 39.5 Å². The number of sulfonamides is 1. The van der Waals surface area contributed by atoms with Gasteiger partial charge in [0.25, 0.3) is 17.3 Å². The average Bonchev–Trinajstić information content (AvgIpc) is 3.72. The third kappa shape index (κ3) is 10.6. The smallest absolute Gasteiger partial charge is 0.410 e. The van der Waals surface area contributed by atoms with Crippen molar-refractivity contribution >= 4 is 62.9 Å². The lowest BCUT2D eigenvalue weighted by Gasteiger charge is -2.47. The largest absolute Gasteiger partial charge is 1.00 e. The number of likely N-dealkylation sites (tertiary alicyclic amines) is 1. The van der Waals surface area contributed by atoms with E-state index in [1.54, 1.807) is 18.7 Å². The molecule has 24 heteroatoms. The molecule has 4 heterocycles. The van der Waals surface area contributed by atoms with Gasteiger partial charge in [-0.15, -0.1) is 11.8 Å². The number of nitro benzene ring substituents is 2. The van der Waals surface area contributed by atoms with E-state index in [4.69, 9.17) is 15.2 Å². The molecule has 336 valence electrons. The van der Waals surface area contributed by atoms with Crippen molar-refractivity contribution in [1.82, 2.24) is 19.4 Å². The molecule has 4 aliphatic rings. The number of nitrogens with zero attached hydrogens (tertiary/aromatic N) is 6. The molecular formula is C38H47IN8O13S2. The molecule has 21 nitrogen and oxygen atoms in total. The topological polar surface area (TPSA) is 272 Å². The second kappa shape index (κ2) is 19.2. The summed E-state index contributed by atoms with van der Waals surface area (Å²) in [6.45, 7) is 4.38. The predicted octanol–water partition coefficient (Wildman–Crippen LogP) is -1.54. The number of esters is 1. The van der Waals surface area contributed by atoms with Crippen LogP contribution in [0.5, 0.6) is 0 Å². The van der Waals surface area contributed by atoms with Gasteiger partial charge >= 0.3 is 12.1 Å². The molecule has 3 N–H and O–H groups in total. The Kier molecular flexibility index (Phi) is 14.9. The van der Waals surface area contributed by atoms with Crippen molar-refractivity contribution in [2.24, 2.45) is 17.6 Å². The molecule has 0 aliphatic carbocycles. The number of ether oxygens (including phenoxy) is 2. The predicted molar refractivity (Wildman–Crippen MR) is 217 cm³/mol. The SMILES string of the molecule is CC(NS(C)(=O)=O)[C@H]1C(=O)N2C(C(=O)OCc3ccc([N+](=O)[O-])cc3)=C(S[C@H]3C[C@@H](C(=O)N4CC[N+](C)(CC(N)=O)CC4)N(C(=O)OCc4ccc([N+](=O)[O-])cc4)C3)[C@H](C)[C@H]12.[I-]. The number of hydrogen-bond acceptors (Lipinski definition) is 14. The number of carbonyl (C=O) groups excluding carboxylic acids is 5. The second-order valence-corrected chi connectivity index (χ2v) is 19.2. The molecule has 6 atom stereocenters. The van der Waals surface area contributed by atoms with Crippen molar-refractivity contribution in [2.75, 3.05) is 52.6 Å². The van der Waals surface area contributed by atoms with E-state index >= 15 is 0 Å². The number of nitrogens with two attached hydrogens (primary N) is 1. The zero-order valence-electron chi connectivity index (χ0n) is 34.2. The number of β-lactam (4-membered cyclic amide) rings is 1. The van der Waals surface area contributed by atoms with Gasteiger partial charge in [0.05, 0.1) is 61.3 Å². The van der Waals surface area contributed by atoms with Crippen LogP contribution in [0.3, 0.4) is 0 Å². The number of rotatable bonds is 15. The van der Waals surface area contributed by atoms with Crippen molar-refractivity contribution in [3.63, 3.8) is 0 Å². The molecule has 3 saturated heterocycles. The van der Waals surface area contributed by atoms with Gasteiger partial charge in [0.15, 0.2) is 6.54 Å². The summed E-state index contributed by atoms with van der Waals surface area (Å²) >= 11 is 1.21. The van der Waals surface area contributed by atoms with Gasteiger partial charge in [-0.2, -0.15) is 0 Å². The molecule has 2 aromatic rings. The Morgan fingerprint density at radius 2 is 1.50 bits per heavy atom. The summed E-state index contributed by atoms with van der Waals surface area (Å²) in [6, 6.07) is 8.39. The third-order valence-corrected chi connectivity index (χ3v) is 13.8. The van der Waals surface area contributed by atoms with Gasteiger partial charge in [-0.1, -0.05) is 6.92 Å². The van der Waals surface area contributed by atoms with Crippen LogP contribution in [0.2, 0.25) is 0 Å². The van der Waals surface area contributed by atoms with Crippen LogP contribution in [0.1, 0.15) is 31.4 Å². The highest BCUT2D eigenvalue weighted by Gasteiger charge is 2.61. The number of hydrogen-bond donors (Lipinski definition) is 2. The van der Waals surface area contributed by atoms with Crippen LogP contribution in [0.25, 0.3) is 0 Å². The second-order valence-electron chi connectivity index (χ2n) is 16.0. The Bertz CT molecular complexity index is 2260. The standard InChI is InChI=1S/C38H46N8O13S2.HI/c1-22-32-31(23(2)40-61(4,56)57)36(49)43(32)33(37(50)58-20-24-5-9-26(10-6-24)44(52)53)34(22)60-28-17-29(35(48)41-13-15-46(3,16-14-41)19-30(39)47)42(18-28)38(51)59-21-25-7-11-27(12-8-25)45(54)55;/h5-12,22-23,28-29,31-32,40H,13-21H2,1-4H3,(H-,39,47);1H/t22-,23?,28+,29+,31-,32-;/m1./s1. The summed E-state index contributed by atoms with van der Waals surface area (Å²) in [4.78, 5) is 93.5. The molecule has 0 radical (unpaired) electrons. The number of halogens is 1. The highest BCUT2D eigenvalue weighted by molar-refractivity contribution is 8.03. The molecule has 3 fully saturated rings. The minimum Gasteiger partial charge on any atom is -1.00 e. The first kappa shape index (κ1) is 48.1. The average molecular weight is 1010 g/mol. The maximum absolute atomic E-state index is 14.3. The van der Waals surface area contributed by atoms with Gasteiger partial charge in [-0.05, 0) is 48.7 Å². The van der Waals surface area contributed by atoms with Crippen LogP contribution < -0.4 is 34.4 Å². The highest BCUT2D eigenvalue weighted by atomic mass is 127. The quantitative estimate of drug-likeness (QED) is 0.0512. The molecule has 2 aromatic carbocycles. The van der Waals surface area contributed by atoms with E-state index in [0.717, 1.165) is 6.26 Å². The summed E-state index contributed by atoms with van der Waals surface area (Å²) in [5.74, 6) is -3.52. The van der Waals surface area contributed by atoms with Crippen molar-refractivity contribution in [3.8, 4) is 0 Å². The van der Waals surface area contributed by atoms with Gasteiger partial charge in [0, 0.05) is 52.9 Å². The normalized spacial score (nSPS) is 23.5. The summed E-state index contributed by atoms with van der Waals surface area (Å²) in [6.07, 6.45) is 0.281. The summed E-state index contributed by atoms with van der Waals surface area (Å²) in [7, 11) is -1.84. The van der Waals surface area contributed by atoms with E-state index in [0.29, 0.717) is 33.6 Å². The number of piperazine rings is 1. The van der Waals surface area contributed by atoms with Crippen molar-refractivity contribution in [1.29, 1.82) is 0 Å². The van der Waals surface area contributed by atoms with Gasteiger partial charge in [0.2, 0.25) is 21.8 Å². The van der Waals surface area contributed by atoms with Crippen molar-refractivity contribution < 1.29 is 80.2 Å². The van der Waals surface area contributed by atoms with E-state index in [9.17, 15) is 52.6 Å². The van der Waals surface area contributed by atoms with E-state index < -0.39 is 79.0 Å².